The Morgan fingerprint density at radius 2 is 0.776 bits per heavy atom. The Labute approximate surface area is 357 Å². The van der Waals surface area contributed by atoms with Gasteiger partial charge in [0.2, 0.25) is 0 Å². The fourth-order valence-electron chi connectivity index (χ4n) is 7.01. The quantitative estimate of drug-likeness (QED) is 0.0269. The van der Waals surface area contributed by atoms with Crippen LogP contribution in [-0.4, -0.2) is 41.0 Å². The van der Waals surface area contributed by atoms with E-state index in [1.807, 2.05) is 6.08 Å². The Morgan fingerprint density at radius 1 is 0.448 bits per heavy atom. The smallest absolute Gasteiger partial charge is 0.462 e. The fourth-order valence-corrected chi connectivity index (χ4v) is 7.37. The molecule has 0 amide bonds. The Kier molecular flexibility index (Phi) is 43.5. The van der Waals surface area contributed by atoms with Crippen LogP contribution in [0.15, 0.2) is 36.5 Å². The second kappa shape index (κ2) is 44.8. The topological polar surface area (TPSA) is 119 Å². The number of phosphoric acid groups is 1. The standard InChI is InChI=1S/C49H91O8P/c1-3-5-7-9-11-13-15-17-19-21-22-23-24-25-26-28-29-31-33-35-37-39-41-43-48(50)55-45-47(46-56-58(52,53)54)57-49(51)44-42-40-38-36-34-32-30-27-20-18-16-14-12-10-8-6-4-2/h30,32,35-38,47H,3-29,31,33-34,39-46H2,1-2H3,(H2,52,53,54)/b32-30+,37-35+,38-36+/t47-/m1/s1. The van der Waals surface area contributed by atoms with Gasteiger partial charge in [0.1, 0.15) is 6.61 Å². The molecule has 0 aliphatic carbocycles. The summed E-state index contributed by atoms with van der Waals surface area (Å²) in [5.41, 5.74) is 0. The average molecular weight is 839 g/mol. The largest absolute Gasteiger partial charge is 0.469 e. The molecule has 0 aromatic rings. The zero-order chi connectivity index (χ0) is 42.5. The van der Waals surface area contributed by atoms with E-state index in [1.165, 1.54) is 173 Å². The van der Waals surface area contributed by atoms with Crippen molar-refractivity contribution in [3.05, 3.63) is 36.5 Å². The molecule has 0 saturated carbocycles. The van der Waals surface area contributed by atoms with E-state index in [1.54, 1.807) is 0 Å². The SMILES string of the molecule is CCCCCCCCCCC/C=C/C/C=C/CCCC(=O)O[C@H](COC(=O)CCC/C=C/CCCCCCCCCCCCCCCCCCCC)COP(=O)(O)O. The van der Waals surface area contributed by atoms with Gasteiger partial charge in [0.25, 0.3) is 0 Å². The van der Waals surface area contributed by atoms with Crippen LogP contribution >= 0.6 is 7.82 Å². The number of rotatable bonds is 45. The molecule has 0 saturated heterocycles. The minimum Gasteiger partial charge on any atom is -0.462 e. The van der Waals surface area contributed by atoms with Gasteiger partial charge in [-0.25, -0.2) is 4.57 Å². The first-order valence-corrected chi connectivity index (χ1v) is 25.8. The lowest BCUT2D eigenvalue weighted by Gasteiger charge is -2.18. The normalized spacial score (nSPS) is 12.7. The van der Waals surface area contributed by atoms with Crippen molar-refractivity contribution in [3.63, 3.8) is 0 Å². The number of esters is 2. The molecule has 0 aliphatic rings. The molecule has 0 unspecified atom stereocenters. The molecule has 1 atom stereocenters. The number of ether oxygens (including phenoxy) is 2. The highest BCUT2D eigenvalue weighted by atomic mass is 31.2. The number of phosphoric ester groups is 1. The number of carbonyl (C=O) groups is 2. The van der Waals surface area contributed by atoms with Gasteiger partial charge in [-0.1, -0.05) is 211 Å². The first-order valence-electron chi connectivity index (χ1n) is 24.3. The average Bonchev–Trinajstić information content (AvgIpc) is 3.20. The number of hydrogen-bond donors (Lipinski definition) is 2. The lowest BCUT2D eigenvalue weighted by atomic mass is 10.0. The van der Waals surface area contributed by atoms with Crippen molar-refractivity contribution >= 4 is 19.8 Å². The molecule has 340 valence electrons. The highest BCUT2D eigenvalue weighted by molar-refractivity contribution is 7.46. The predicted octanol–water partition coefficient (Wildman–Crippen LogP) is 15.3. The zero-order valence-electron chi connectivity index (χ0n) is 37.7. The Balaban J connectivity index is 3.89. The van der Waals surface area contributed by atoms with Crippen molar-refractivity contribution in [3.8, 4) is 0 Å². The van der Waals surface area contributed by atoms with E-state index in [-0.39, 0.29) is 19.4 Å². The Hall–Kier alpha value is -1.73. The van der Waals surface area contributed by atoms with Crippen LogP contribution < -0.4 is 0 Å². The maximum absolute atomic E-state index is 12.4. The van der Waals surface area contributed by atoms with Gasteiger partial charge < -0.3 is 19.3 Å². The van der Waals surface area contributed by atoms with E-state index in [2.05, 4.69) is 48.8 Å². The minimum atomic E-state index is -4.77. The highest BCUT2D eigenvalue weighted by Crippen LogP contribution is 2.36. The fraction of sp³-hybridized carbons (Fsp3) is 0.837. The summed E-state index contributed by atoms with van der Waals surface area (Å²) in [6.45, 7) is 3.66. The van der Waals surface area contributed by atoms with Gasteiger partial charge >= 0.3 is 19.8 Å². The predicted molar refractivity (Wildman–Crippen MR) is 244 cm³/mol. The van der Waals surface area contributed by atoms with Crippen LogP contribution in [0.1, 0.15) is 245 Å². The van der Waals surface area contributed by atoms with Crippen molar-refractivity contribution < 1.29 is 37.9 Å². The van der Waals surface area contributed by atoms with Crippen LogP contribution in [0.5, 0.6) is 0 Å². The lowest BCUT2D eigenvalue weighted by Crippen LogP contribution is -2.29. The number of carbonyl (C=O) groups excluding carboxylic acids is 2. The molecule has 9 heteroatoms. The maximum atomic E-state index is 12.4. The van der Waals surface area contributed by atoms with Gasteiger partial charge in [-0.3, -0.25) is 14.1 Å². The van der Waals surface area contributed by atoms with Crippen LogP contribution in [0.4, 0.5) is 0 Å². The Morgan fingerprint density at radius 3 is 1.16 bits per heavy atom. The van der Waals surface area contributed by atoms with E-state index >= 15 is 0 Å². The number of unbranched alkanes of at least 4 members (excludes halogenated alkanes) is 29. The van der Waals surface area contributed by atoms with Crippen molar-refractivity contribution in [2.45, 2.75) is 251 Å². The summed E-state index contributed by atoms with van der Waals surface area (Å²) in [5.74, 6) is -0.967. The first kappa shape index (κ1) is 56.3. The molecule has 0 spiro atoms. The van der Waals surface area contributed by atoms with E-state index in [4.69, 9.17) is 19.3 Å². The second-order valence-corrected chi connectivity index (χ2v) is 17.7. The van der Waals surface area contributed by atoms with Crippen LogP contribution in [0.2, 0.25) is 0 Å². The molecule has 0 aromatic carbocycles. The minimum absolute atomic E-state index is 0.144. The molecule has 0 aromatic heterocycles. The summed E-state index contributed by atoms with van der Waals surface area (Å²) in [6, 6.07) is 0. The maximum Gasteiger partial charge on any atom is 0.469 e. The third-order valence-electron chi connectivity index (χ3n) is 10.6. The summed E-state index contributed by atoms with van der Waals surface area (Å²) >= 11 is 0. The second-order valence-electron chi connectivity index (χ2n) is 16.4. The molecular formula is C49H91O8P. The van der Waals surface area contributed by atoms with Crippen LogP contribution in [0.25, 0.3) is 0 Å². The monoisotopic (exact) mass is 839 g/mol. The molecule has 2 N–H and O–H groups in total. The van der Waals surface area contributed by atoms with Gasteiger partial charge in [0.15, 0.2) is 6.10 Å². The molecule has 58 heavy (non-hydrogen) atoms. The van der Waals surface area contributed by atoms with E-state index in [0.717, 1.165) is 25.7 Å². The summed E-state index contributed by atoms with van der Waals surface area (Å²) in [4.78, 5) is 42.9. The zero-order valence-corrected chi connectivity index (χ0v) is 38.6. The molecule has 0 aliphatic heterocycles. The van der Waals surface area contributed by atoms with Gasteiger partial charge in [0, 0.05) is 12.8 Å². The molecule has 0 radical (unpaired) electrons. The highest BCUT2D eigenvalue weighted by Gasteiger charge is 2.22. The molecule has 0 heterocycles. The van der Waals surface area contributed by atoms with Crippen LogP contribution in [0, 0.1) is 0 Å². The first-order chi connectivity index (χ1) is 28.3. The number of hydrogen-bond acceptors (Lipinski definition) is 6. The molecule has 0 fully saturated rings. The third-order valence-corrected chi connectivity index (χ3v) is 11.1. The van der Waals surface area contributed by atoms with E-state index in [9.17, 15) is 14.2 Å². The third kappa shape index (κ3) is 47.0. The molecule has 8 nitrogen and oxygen atoms in total. The molecular weight excluding hydrogens is 748 g/mol. The van der Waals surface area contributed by atoms with Gasteiger partial charge in [0.05, 0.1) is 6.61 Å². The molecule has 0 bridgehead atoms. The van der Waals surface area contributed by atoms with E-state index < -0.39 is 32.5 Å². The van der Waals surface area contributed by atoms with Crippen LogP contribution in [-0.2, 0) is 28.2 Å². The van der Waals surface area contributed by atoms with Crippen LogP contribution in [0.3, 0.4) is 0 Å². The summed E-state index contributed by atoms with van der Waals surface area (Å²) in [7, 11) is -4.77. The van der Waals surface area contributed by atoms with Gasteiger partial charge in [-0.15, -0.1) is 0 Å². The summed E-state index contributed by atoms with van der Waals surface area (Å²) < 4.78 is 26.4. The molecule has 0 rings (SSSR count). The van der Waals surface area contributed by atoms with Crippen molar-refractivity contribution in [1.82, 2.24) is 0 Å². The van der Waals surface area contributed by atoms with Crippen molar-refractivity contribution in [2.75, 3.05) is 13.2 Å². The summed E-state index contributed by atoms with van der Waals surface area (Å²) in [6.07, 6.45) is 54.7. The van der Waals surface area contributed by atoms with Crippen molar-refractivity contribution in [1.29, 1.82) is 0 Å². The van der Waals surface area contributed by atoms with Gasteiger partial charge in [-0.2, -0.15) is 0 Å². The van der Waals surface area contributed by atoms with Crippen molar-refractivity contribution in [2.24, 2.45) is 0 Å². The Bertz CT molecular complexity index is 1040. The lowest BCUT2D eigenvalue weighted by molar-refractivity contribution is -0.161. The summed E-state index contributed by atoms with van der Waals surface area (Å²) in [5, 5.41) is 0. The number of allylic oxidation sites excluding steroid dienone is 6. The van der Waals surface area contributed by atoms with E-state index in [0.29, 0.717) is 19.3 Å². The van der Waals surface area contributed by atoms with Gasteiger partial charge in [-0.05, 0) is 57.8 Å².